The molecule has 7 nitrogen and oxygen atoms in total. The van der Waals surface area contributed by atoms with Crippen molar-refractivity contribution in [3.63, 3.8) is 0 Å². The van der Waals surface area contributed by atoms with E-state index >= 15 is 0 Å². The van der Waals surface area contributed by atoms with Gasteiger partial charge in [0.15, 0.2) is 0 Å². The maximum absolute atomic E-state index is 10.7. The van der Waals surface area contributed by atoms with Crippen LogP contribution >= 0.6 is 0 Å². The number of aliphatic hydroxyl groups is 3. The second kappa shape index (κ2) is 8.36. The number of benzene rings is 1. The van der Waals surface area contributed by atoms with E-state index in [1.54, 1.807) is 0 Å². The van der Waals surface area contributed by atoms with E-state index in [0.29, 0.717) is 0 Å². The molecule has 1 heterocycles. The van der Waals surface area contributed by atoms with Crippen LogP contribution in [0, 0.1) is 0 Å². The van der Waals surface area contributed by atoms with Gasteiger partial charge in [0.2, 0.25) is 6.29 Å². The van der Waals surface area contributed by atoms with Crippen molar-refractivity contribution < 1.29 is 29.6 Å². The molecule has 0 saturated carbocycles. The molecule has 0 amide bonds. The van der Waals surface area contributed by atoms with Gasteiger partial charge in [-0.1, -0.05) is 36.4 Å². The lowest BCUT2D eigenvalue weighted by atomic mass is 9.98. The van der Waals surface area contributed by atoms with Crippen molar-refractivity contribution in [1.82, 2.24) is 0 Å². The SMILES string of the molecule is C1=Cc2ccccc2C1.CC(=O)OC1O[C@H](CO)[C@@H](O)[C@H](O)[C@H]1N. The van der Waals surface area contributed by atoms with Gasteiger partial charge in [0.1, 0.15) is 18.3 Å². The van der Waals surface area contributed by atoms with Crippen molar-refractivity contribution in [1.29, 1.82) is 0 Å². The molecule has 1 aliphatic heterocycles. The minimum Gasteiger partial charge on any atom is -0.434 e. The fraction of sp³-hybridized carbons (Fsp3) is 0.471. The van der Waals surface area contributed by atoms with Crippen molar-refractivity contribution >= 4 is 12.0 Å². The molecule has 2 aliphatic rings. The van der Waals surface area contributed by atoms with Crippen molar-refractivity contribution in [2.75, 3.05) is 6.61 Å². The number of nitrogens with two attached hydrogens (primary N) is 1. The topological polar surface area (TPSA) is 122 Å². The van der Waals surface area contributed by atoms with Gasteiger partial charge in [-0.2, -0.15) is 0 Å². The molecule has 132 valence electrons. The molecule has 0 spiro atoms. The summed E-state index contributed by atoms with van der Waals surface area (Å²) in [5.41, 5.74) is 8.33. The average Bonchev–Trinajstić information content (AvgIpc) is 3.04. The third-order valence-corrected chi connectivity index (χ3v) is 3.90. The van der Waals surface area contributed by atoms with Crippen LogP contribution in [0.25, 0.3) is 6.08 Å². The Morgan fingerprint density at radius 1 is 1.33 bits per heavy atom. The number of esters is 1. The van der Waals surface area contributed by atoms with Crippen LogP contribution in [0.4, 0.5) is 0 Å². The highest BCUT2D eigenvalue weighted by molar-refractivity contribution is 5.66. The molecule has 1 unspecified atom stereocenters. The fourth-order valence-electron chi connectivity index (χ4n) is 2.57. The summed E-state index contributed by atoms with van der Waals surface area (Å²) >= 11 is 0. The monoisotopic (exact) mass is 337 g/mol. The first-order chi connectivity index (χ1) is 11.4. The van der Waals surface area contributed by atoms with Crippen LogP contribution in [-0.2, 0) is 20.7 Å². The standard InChI is InChI=1S/C9H8.C8H15NO6/c1-2-5-9-7-3-6-8(9)4-1;1-3(11)14-8-5(9)7(13)6(12)4(2-10)15-8/h1-6H,7H2;4-8,10,12-13H,2,9H2,1H3/t;4-,5-,6-,7-,8?/m.1/s1. The zero-order valence-electron chi connectivity index (χ0n) is 13.4. The molecule has 1 aromatic carbocycles. The van der Waals surface area contributed by atoms with Crippen LogP contribution in [0.5, 0.6) is 0 Å². The molecule has 0 radical (unpaired) electrons. The summed E-state index contributed by atoms with van der Waals surface area (Å²) in [7, 11) is 0. The number of ether oxygens (including phenoxy) is 2. The summed E-state index contributed by atoms with van der Waals surface area (Å²) < 4.78 is 9.70. The van der Waals surface area contributed by atoms with E-state index in [1.807, 2.05) is 0 Å². The number of carbonyl (C=O) groups is 1. The van der Waals surface area contributed by atoms with Gasteiger partial charge in [-0.05, 0) is 17.5 Å². The van der Waals surface area contributed by atoms with Crippen molar-refractivity contribution in [3.8, 4) is 0 Å². The Bertz CT molecular complexity index is 588. The summed E-state index contributed by atoms with van der Waals surface area (Å²) in [6, 6.07) is 7.46. The number of rotatable bonds is 2. The number of allylic oxidation sites excluding steroid dienone is 1. The number of aliphatic hydroxyl groups excluding tert-OH is 3. The van der Waals surface area contributed by atoms with Crippen LogP contribution < -0.4 is 5.73 Å². The minimum absolute atomic E-state index is 0.497. The van der Waals surface area contributed by atoms with Gasteiger partial charge in [-0.3, -0.25) is 4.79 Å². The summed E-state index contributed by atoms with van der Waals surface area (Å²) in [6.07, 6.45) is 0.732. The second-order valence-corrected chi connectivity index (χ2v) is 5.70. The van der Waals surface area contributed by atoms with Gasteiger partial charge in [0.25, 0.3) is 0 Å². The number of carbonyl (C=O) groups excluding carboxylic acids is 1. The van der Waals surface area contributed by atoms with Crippen LogP contribution in [0.3, 0.4) is 0 Å². The first-order valence-electron chi connectivity index (χ1n) is 7.73. The molecule has 1 fully saturated rings. The third kappa shape index (κ3) is 4.40. The van der Waals surface area contributed by atoms with Gasteiger partial charge < -0.3 is 30.5 Å². The van der Waals surface area contributed by atoms with E-state index in [9.17, 15) is 15.0 Å². The quantitative estimate of drug-likeness (QED) is 0.540. The second-order valence-electron chi connectivity index (χ2n) is 5.70. The number of hydrogen-bond acceptors (Lipinski definition) is 7. The maximum Gasteiger partial charge on any atom is 0.304 e. The Balaban J connectivity index is 0.000000194. The zero-order valence-corrected chi connectivity index (χ0v) is 13.4. The van der Waals surface area contributed by atoms with Crippen LogP contribution in [-0.4, -0.2) is 58.5 Å². The van der Waals surface area contributed by atoms with Gasteiger partial charge >= 0.3 is 5.97 Å². The van der Waals surface area contributed by atoms with E-state index in [4.69, 9.17) is 15.6 Å². The highest BCUT2D eigenvalue weighted by Gasteiger charge is 2.43. The van der Waals surface area contributed by atoms with E-state index in [0.717, 1.165) is 6.42 Å². The summed E-state index contributed by atoms with van der Waals surface area (Å²) in [6.45, 7) is 0.671. The molecule has 5 atom stereocenters. The van der Waals surface area contributed by atoms with E-state index < -0.39 is 43.2 Å². The smallest absolute Gasteiger partial charge is 0.304 e. The molecule has 0 aromatic heterocycles. The van der Waals surface area contributed by atoms with Crippen molar-refractivity contribution in [2.24, 2.45) is 5.73 Å². The lowest BCUT2D eigenvalue weighted by Crippen LogP contribution is -2.62. The largest absolute Gasteiger partial charge is 0.434 e. The Morgan fingerprint density at radius 2 is 2.04 bits per heavy atom. The zero-order chi connectivity index (χ0) is 17.7. The third-order valence-electron chi connectivity index (χ3n) is 3.90. The van der Waals surface area contributed by atoms with Gasteiger partial charge in [0, 0.05) is 6.92 Å². The minimum atomic E-state index is -1.31. The first kappa shape index (κ1) is 18.6. The van der Waals surface area contributed by atoms with Gasteiger partial charge in [-0.25, -0.2) is 0 Å². The van der Waals surface area contributed by atoms with E-state index in [1.165, 1.54) is 18.1 Å². The Kier molecular flexibility index (Phi) is 6.47. The highest BCUT2D eigenvalue weighted by Crippen LogP contribution is 2.20. The molecular formula is C17H23NO6. The molecule has 24 heavy (non-hydrogen) atoms. The van der Waals surface area contributed by atoms with Crippen molar-refractivity contribution in [2.45, 2.75) is 44.0 Å². The Hall–Kier alpha value is -1.77. The highest BCUT2D eigenvalue weighted by atomic mass is 16.7. The predicted molar refractivity (Wildman–Crippen MR) is 86.7 cm³/mol. The molecule has 1 aliphatic carbocycles. The molecular weight excluding hydrogens is 314 g/mol. The first-order valence-corrected chi connectivity index (χ1v) is 7.73. The average molecular weight is 337 g/mol. The van der Waals surface area contributed by atoms with Crippen LogP contribution in [0.15, 0.2) is 30.3 Å². The van der Waals surface area contributed by atoms with Crippen molar-refractivity contribution in [3.05, 3.63) is 41.5 Å². The molecule has 0 bridgehead atoms. The Morgan fingerprint density at radius 3 is 2.67 bits per heavy atom. The van der Waals surface area contributed by atoms with E-state index in [2.05, 4.69) is 41.2 Å². The summed E-state index contributed by atoms with van der Waals surface area (Å²) in [5.74, 6) is -0.615. The molecule has 1 aromatic rings. The molecule has 7 heteroatoms. The number of hydrogen-bond donors (Lipinski definition) is 4. The molecule has 3 rings (SSSR count). The summed E-state index contributed by atoms with van der Waals surface area (Å²) in [4.78, 5) is 10.7. The molecule has 1 saturated heterocycles. The molecule has 5 N–H and O–H groups in total. The van der Waals surface area contributed by atoms with E-state index in [-0.39, 0.29) is 0 Å². The lowest BCUT2D eigenvalue weighted by molar-refractivity contribution is -0.258. The van der Waals surface area contributed by atoms with Gasteiger partial charge in [-0.15, -0.1) is 0 Å². The normalized spacial score (nSPS) is 31.0. The predicted octanol–water partition coefficient (Wildman–Crippen LogP) is -0.428. The fourth-order valence-corrected chi connectivity index (χ4v) is 2.57. The number of fused-ring (bicyclic) bond motifs is 1. The Labute approximate surface area is 140 Å². The van der Waals surface area contributed by atoms with Crippen LogP contribution in [0.1, 0.15) is 18.1 Å². The lowest BCUT2D eigenvalue weighted by Gasteiger charge is -2.39. The van der Waals surface area contributed by atoms with Gasteiger partial charge in [0.05, 0.1) is 12.6 Å². The summed E-state index contributed by atoms with van der Waals surface area (Å²) in [5, 5.41) is 27.7. The maximum atomic E-state index is 10.7. The van der Waals surface area contributed by atoms with Crippen LogP contribution in [0.2, 0.25) is 0 Å².